The molecule has 1 aliphatic carbocycles. The number of nitrogens with zero attached hydrogens (tertiary/aromatic N) is 2. The number of carbonyl (C=O) groups is 1. The molecule has 0 aromatic heterocycles. The van der Waals surface area contributed by atoms with E-state index in [0.717, 1.165) is 18.4 Å². The standard InChI is InChI=1S/C21H24N2OS/c1-22(2)14-7-8-15-18(12-14)25-21-16-6-4-10-23-9-3-5-13(19(16)23)11-17(21)20(15)24/h7-8,11-12,15,18H,3-6,9-10H2,1-2H3. The highest BCUT2D eigenvalue weighted by atomic mass is 32.2. The Balaban J connectivity index is 1.65. The zero-order valence-electron chi connectivity index (χ0n) is 14.9. The number of likely N-dealkylation sites (N-methyl/N-ethyl adjacent to an activating group) is 1. The Kier molecular flexibility index (Phi) is 3.53. The monoisotopic (exact) mass is 352 g/mol. The van der Waals surface area contributed by atoms with E-state index >= 15 is 0 Å². The molecule has 4 heteroatoms. The van der Waals surface area contributed by atoms with Crippen LogP contribution in [0.5, 0.6) is 0 Å². The SMILES string of the molecule is CN(C)C1=CC2Sc3c(cc4c5c3CCCN5CCC4)C(=O)C2C=C1. The first kappa shape index (κ1) is 15.6. The van der Waals surface area contributed by atoms with Gasteiger partial charge in [0.05, 0.1) is 5.92 Å². The van der Waals surface area contributed by atoms with Crippen LogP contribution in [-0.2, 0) is 12.8 Å². The lowest BCUT2D eigenvalue weighted by molar-refractivity contribution is 0.0941. The van der Waals surface area contributed by atoms with Gasteiger partial charge in [-0.15, -0.1) is 11.8 Å². The number of carbonyl (C=O) groups excluding carboxylic acids is 1. The quantitative estimate of drug-likeness (QED) is 0.769. The van der Waals surface area contributed by atoms with Crippen molar-refractivity contribution in [2.24, 2.45) is 5.92 Å². The number of Topliss-reactive ketones (excluding diaryl/α,β-unsaturated/α-hetero) is 1. The molecule has 0 amide bonds. The van der Waals surface area contributed by atoms with Gasteiger partial charge in [-0.3, -0.25) is 4.79 Å². The summed E-state index contributed by atoms with van der Waals surface area (Å²) < 4.78 is 0. The summed E-state index contributed by atoms with van der Waals surface area (Å²) in [5.74, 6) is 0.320. The number of anilines is 1. The molecule has 2 unspecified atom stereocenters. The second-order valence-electron chi connectivity index (χ2n) is 7.75. The Morgan fingerprint density at radius 1 is 1.20 bits per heavy atom. The van der Waals surface area contributed by atoms with Crippen LogP contribution in [0.4, 0.5) is 5.69 Å². The van der Waals surface area contributed by atoms with Crippen LogP contribution in [0.3, 0.4) is 0 Å². The number of benzene rings is 1. The Morgan fingerprint density at radius 2 is 2.00 bits per heavy atom. The van der Waals surface area contributed by atoms with Gasteiger partial charge in [-0.25, -0.2) is 0 Å². The minimum absolute atomic E-state index is 0.00488. The van der Waals surface area contributed by atoms with Crippen LogP contribution in [-0.4, -0.2) is 43.1 Å². The molecule has 2 atom stereocenters. The van der Waals surface area contributed by atoms with Crippen molar-refractivity contribution in [1.82, 2.24) is 4.90 Å². The molecular formula is C21H24N2OS. The van der Waals surface area contributed by atoms with Gasteiger partial charge in [-0.2, -0.15) is 0 Å². The molecular weight excluding hydrogens is 328 g/mol. The van der Waals surface area contributed by atoms with E-state index in [1.807, 2.05) is 11.8 Å². The predicted octanol–water partition coefficient (Wildman–Crippen LogP) is 3.67. The minimum atomic E-state index is -0.00488. The normalized spacial score (nSPS) is 26.6. The Hall–Kier alpha value is -1.68. The van der Waals surface area contributed by atoms with Gasteiger partial charge in [0.25, 0.3) is 0 Å². The lowest BCUT2D eigenvalue weighted by Gasteiger charge is -2.40. The molecule has 3 nitrogen and oxygen atoms in total. The largest absolute Gasteiger partial charge is 0.378 e. The van der Waals surface area contributed by atoms with Crippen LogP contribution >= 0.6 is 11.8 Å². The summed E-state index contributed by atoms with van der Waals surface area (Å²) in [6, 6.07) is 2.23. The fraction of sp³-hybridized carbons (Fsp3) is 0.476. The molecule has 1 aromatic carbocycles. The van der Waals surface area contributed by atoms with E-state index < -0.39 is 0 Å². The highest BCUT2D eigenvalue weighted by molar-refractivity contribution is 8.00. The van der Waals surface area contributed by atoms with E-state index in [2.05, 4.69) is 48.2 Å². The van der Waals surface area contributed by atoms with Gasteiger partial charge in [-0.05, 0) is 55.0 Å². The van der Waals surface area contributed by atoms with Crippen molar-refractivity contribution in [3.05, 3.63) is 46.7 Å². The average molecular weight is 353 g/mol. The van der Waals surface area contributed by atoms with Crippen molar-refractivity contribution in [3.8, 4) is 0 Å². The predicted molar refractivity (Wildman–Crippen MR) is 104 cm³/mol. The molecule has 3 heterocycles. The van der Waals surface area contributed by atoms with Crippen LogP contribution in [0.25, 0.3) is 0 Å². The van der Waals surface area contributed by atoms with E-state index in [1.54, 1.807) is 0 Å². The van der Waals surface area contributed by atoms with Crippen molar-refractivity contribution in [3.63, 3.8) is 0 Å². The third kappa shape index (κ3) is 2.30. The fourth-order valence-corrected chi connectivity index (χ4v) is 6.21. The van der Waals surface area contributed by atoms with E-state index in [1.165, 1.54) is 53.3 Å². The Morgan fingerprint density at radius 3 is 2.80 bits per heavy atom. The number of aryl methyl sites for hydroxylation is 1. The molecule has 4 aliphatic rings. The number of thioether (sulfide) groups is 1. The van der Waals surface area contributed by atoms with Crippen LogP contribution in [0.2, 0.25) is 0 Å². The first-order valence-electron chi connectivity index (χ1n) is 9.35. The van der Waals surface area contributed by atoms with E-state index in [4.69, 9.17) is 0 Å². The van der Waals surface area contributed by atoms with Crippen molar-refractivity contribution >= 4 is 23.2 Å². The van der Waals surface area contributed by atoms with Gasteiger partial charge in [0.1, 0.15) is 0 Å². The van der Waals surface area contributed by atoms with Crippen LogP contribution in [0, 0.1) is 5.92 Å². The van der Waals surface area contributed by atoms with Gasteiger partial charge >= 0.3 is 0 Å². The second kappa shape index (κ2) is 5.66. The summed E-state index contributed by atoms with van der Waals surface area (Å²) in [7, 11) is 4.13. The van der Waals surface area contributed by atoms with Crippen molar-refractivity contribution < 1.29 is 4.79 Å². The summed E-state index contributed by atoms with van der Waals surface area (Å²) in [4.78, 5) is 19.2. The summed E-state index contributed by atoms with van der Waals surface area (Å²) in [6.45, 7) is 2.35. The maximum Gasteiger partial charge on any atom is 0.172 e. The summed E-state index contributed by atoms with van der Waals surface area (Å²) in [5, 5.41) is 0.232. The average Bonchev–Trinajstić information content (AvgIpc) is 2.63. The molecule has 5 rings (SSSR count). The molecule has 1 aromatic rings. The molecule has 0 spiro atoms. The second-order valence-corrected chi connectivity index (χ2v) is 8.94. The zero-order chi connectivity index (χ0) is 17.1. The van der Waals surface area contributed by atoms with Crippen molar-refractivity contribution in [1.29, 1.82) is 0 Å². The minimum Gasteiger partial charge on any atom is -0.378 e. The molecule has 130 valence electrons. The number of ketones is 1. The Labute approximate surface area is 153 Å². The van der Waals surface area contributed by atoms with Crippen molar-refractivity contribution in [2.45, 2.75) is 35.8 Å². The summed E-state index contributed by atoms with van der Waals surface area (Å²) in [5.41, 5.74) is 6.55. The molecule has 3 aliphatic heterocycles. The summed E-state index contributed by atoms with van der Waals surface area (Å²) >= 11 is 1.92. The first-order chi connectivity index (χ1) is 12.1. The smallest absolute Gasteiger partial charge is 0.172 e. The van der Waals surface area contributed by atoms with Crippen LogP contribution < -0.4 is 4.90 Å². The molecule has 0 bridgehead atoms. The molecule has 0 saturated carbocycles. The highest BCUT2D eigenvalue weighted by Gasteiger charge is 2.39. The third-order valence-corrected chi connectivity index (χ3v) is 7.38. The number of rotatable bonds is 1. The van der Waals surface area contributed by atoms with Crippen LogP contribution in [0.1, 0.15) is 34.3 Å². The molecule has 0 saturated heterocycles. The van der Waals surface area contributed by atoms with Crippen LogP contribution in [0.15, 0.2) is 34.9 Å². The van der Waals surface area contributed by atoms with E-state index in [9.17, 15) is 4.79 Å². The molecule has 25 heavy (non-hydrogen) atoms. The summed E-state index contributed by atoms with van der Waals surface area (Å²) in [6.07, 6.45) is 11.2. The van der Waals surface area contributed by atoms with Gasteiger partial charge in [0.15, 0.2) is 5.78 Å². The van der Waals surface area contributed by atoms with E-state index in [-0.39, 0.29) is 11.2 Å². The van der Waals surface area contributed by atoms with E-state index in [0.29, 0.717) is 5.78 Å². The van der Waals surface area contributed by atoms with Gasteiger partial charge in [0.2, 0.25) is 0 Å². The third-order valence-electron chi connectivity index (χ3n) is 5.97. The first-order valence-corrected chi connectivity index (χ1v) is 10.2. The molecule has 0 radical (unpaired) electrons. The van der Waals surface area contributed by atoms with Crippen molar-refractivity contribution in [2.75, 3.05) is 32.1 Å². The number of hydrogen-bond donors (Lipinski definition) is 0. The van der Waals surface area contributed by atoms with Gasteiger partial charge < -0.3 is 9.80 Å². The number of hydrogen-bond acceptors (Lipinski definition) is 4. The lowest BCUT2D eigenvalue weighted by Crippen LogP contribution is -2.37. The molecule has 0 fully saturated rings. The molecule has 0 N–H and O–H groups in total. The van der Waals surface area contributed by atoms with Gasteiger partial charge in [-0.1, -0.05) is 6.08 Å². The zero-order valence-corrected chi connectivity index (χ0v) is 15.7. The Bertz CT molecular complexity index is 822. The topological polar surface area (TPSA) is 23.6 Å². The lowest BCUT2D eigenvalue weighted by atomic mass is 9.84. The van der Waals surface area contributed by atoms with Gasteiger partial charge in [0, 0.05) is 54.3 Å². The highest BCUT2D eigenvalue weighted by Crippen LogP contribution is 2.49. The maximum atomic E-state index is 13.3. The number of fused-ring (bicyclic) bond motifs is 3. The number of allylic oxidation sites excluding steroid dienone is 2. The fourth-order valence-electron chi connectivity index (χ4n) is 4.75. The maximum absolute atomic E-state index is 13.3.